The van der Waals surface area contributed by atoms with Crippen molar-refractivity contribution in [2.24, 2.45) is 5.16 Å². The Hall–Kier alpha value is -2.86. The normalized spacial score (nSPS) is 21.8. The van der Waals surface area contributed by atoms with Gasteiger partial charge in [-0.1, -0.05) is 24.2 Å². The molecule has 2 aliphatic heterocycles. The molecule has 2 atom stereocenters. The molecule has 154 valence electrons. The van der Waals surface area contributed by atoms with Gasteiger partial charge in [-0.05, 0) is 12.0 Å². The maximum atomic E-state index is 12.7. The topological polar surface area (TPSA) is 147 Å². The largest absolute Gasteiger partial charge is 0.477 e. The van der Waals surface area contributed by atoms with Crippen LogP contribution in [0.15, 0.2) is 34.0 Å². The second-order valence-corrected chi connectivity index (χ2v) is 8.04. The number of aliphatic carboxylic acids is 1. The molecule has 0 saturated carbocycles. The van der Waals surface area contributed by atoms with Gasteiger partial charge in [-0.25, -0.2) is 9.78 Å². The zero-order valence-corrected chi connectivity index (χ0v) is 17.2. The summed E-state index contributed by atoms with van der Waals surface area (Å²) in [5, 5.41) is 17.2. The maximum Gasteiger partial charge on any atom is 0.352 e. The van der Waals surface area contributed by atoms with E-state index >= 15 is 0 Å². The minimum atomic E-state index is -1.18. The van der Waals surface area contributed by atoms with Gasteiger partial charge in [-0.15, -0.1) is 23.1 Å². The SMILES string of the molecule is CC/C=C/C1=C(C(=O)O)N2C(=O)C(NC(=O)/C(=N\OC)c3csc(N)n3)[C@H]2SC1. The second-order valence-electron chi connectivity index (χ2n) is 6.04. The monoisotopic (exact) mass is 437 g/mol. The van der Waals surface area contributed by atoms with E-state index in [4.69, 9.17) is 10.6 Å². The minimum Gasteiger partial charge on any atom is -0.477 e. The third-order valence-electron chi connectivity index (χ3n) is 4.20. The Balaban J connectivity index is 1.80. The zero-order chi connectivity index (χ0) is 21.1. The molecule has 10 nitrogen and oxygen atoms in total. The summed E-state index contributed by atoms with van der Waals surface area (Å²) in [7, 11) is 1.28. The maximum absolute atomic E-state index is 12.7. The van der Waals surface area contributed by atoms with Crippen LogP contribution in [-0.2, 0) is 19.2 Å². The van der Waals surface area contributed by atoms with Crippen molar-refractivity contribution in [2.75, 3.05) is 18.6 Å². The van der Waals surface area contributed by atoms with Crippen LogP contribution in [0.1, 0.15) is 19.0 Å². The van der Waals surface area contributed by atoms with E-state index < -0.39 is 29.2 Å². The second kappa shape index (κ2) is 8.66. The van der Waals surface area contributed by atoms with Crippen LogP contribution in [0.3, 0.4) is 0 Å². The number of fused-ring (bicyclic) bond motifs is 1. The molecular formula is C17H19N5O5S2. The standard InChI is InChI=1S/C17H19N5O5S2/c1-3-4-5-8-6-28-15-11(14(24)22(15)12(8)16(25)26)20-13(23)10(21-27-2)9-7-29-17(18)19-9/h4-5,7,11,15H,3,6H2,1-2H3,(H2,18,19)(H,20,23)(H,25,26)/b5-4+,21-10-/t11?,15-/m1/s1. The Kier molecular flexibility index (Phi) is 6.23. The van der Waals surface area contributed by atoms with Gasteiger partial charge in [-0.3, -0.25) is 14.5 Å². The fourth-order valence-corrected chi connectivity index (χ4v) is 4.80. The number of nitrogen functional groups attached to an aromatic ring is 1. The highest BCUT2D eigenvalue weighted by atomic mass is 32.2. The van der Waals surface area contributed by atoms with Crippen LogP contribution >= 0.6 is 23.1 Å². The Morgan fingerprint density at radius 3 is 2.90 bits per heavy atom. The van der Waals surface area contributed by atoms with E-state index in [2.05, 4.69) is 15.5 Å². The minimum absolute atomic E-state index is 0.0491. The Bertz CT molecular complexity index is 938. The summed E-state index contributed by atoms with van der Waals surface area (Å²) in [6.07, 6.45) is 4.32. The predicted molar refractivity (Wildman–Crippen MR) is 109 cm³/mol. The average molecular weight is 438 g/mol. The van der Waals surface area contributed by atoms with E-state index in [-0.39, 0.29) is 22.2 Å². The fraction of sp³-hybridized carbons (Fsp3) is 0.353. The molecule has 29 heavy (non-hydrogen) atoms. The van der Waals surface area contributed by atoms with Crippen molar-refractivity contribution in [1.82, 2.24) is 15.2 Å². The van der Waals surface area contributed by atoms with Crippen LogP contribution in [0.25, 0.3) is 0 Å². The number of oxime groups is 1. The van der Waals surface area contributed by atoms with Crippen LogP contribution in [0.4, 0.5) is 5.13 Å². The number of thiazole rings is 1. The summed E-state index contributed by atoms with van der Waals surface area (Å²) < 4.78 is 0. The lowest BCUT2D eigenvalue weighted by Gasteiger charge is -2.49. The number of nitrogens with zero attached hydrogens (tertiary/aromatic N) is 3. The molecule has 1 saturated heterocycles. The molecule has 0 spiro atoms. The van der Waals surface area contributed by atoms with Crippen molar-refractivity contribution in [3.8, 4) is 0 Å². The van der Waals surface area contributed by atoms with E-state index in [1.807, 2.05) is 13.0 Å². The molecule has 2 aliphatic rings. The third kappa shape index (κ3) is 3.98. The van der Waals surface area contributed by atoms with E-state index in [0.29, 0.717) is 11.3 Å². The first-order valence-corrected chi connectivity index (χ1v) is 10.5. The lowest BCUT2D eigenvalue weighted by atomic mass is 10.0. The highest BCUT2D eigenvalue weighted by Gasteiger charge is 2.54. The van der Waals surface area contributed by atoms with Gasteiger partial charge in [0.25, 0.3) is 11.8 Å². The molecule has 0 radical (unpaired) electrons. The van der Waals surface area contributed by atoms with Crippen LogP contribution < -0.4 is 11.1 Å². The number of carboxylic acid groups (broad SMARTS) is 1. The number of aromatic nitrogens is 1. The van der Waals surface area contributed by atoms with Crippen LogP contribution in [0.2, 0.25) is 0 Å². The molecule has 0 bridgehead atoms. The summed E-state index contributed by atoms with van der Waals surface area (Å²) in [4.78, 5) is 47.0. The number of rotatable bonds is 7. The number of carbonyl (C=O) groups is 3. The molecule has 0 aliphatic carbocycles. The Morgan fingerprint density at radius 2 is 2.31 bits per heavy atom. The van der Waals surface area contributed by atoms with Gasteiger partial charge in [0.1, 0.15) is 29.9 Å². The Labute approximate surface area is 174 Å². The van der Waals surface area contributed by atoms with Gasteiger partial charge in [0.2, 0.25) is 0 Å². The van der Waals surface area contributed by atoms with Crippen molar-refractivity contribution < 1.29 is 24.3 Å². The summed E-state index contributed by atoms with van der Waals surface area (Å²) in [6.45, 7) is 1.94. The van der Waals surface area contributed by atoms with Crippen molar-refractivity contribution in [2.45, 2.75) is 24.8 Å². The lowest BCUT2D eigenvalue weighted by Crippen LogP contribution is -2.71. The van der Waals surface area contributed by atoms with Gasteiger partial charge in [-0.2, -0.15) is 0 Å². The molecular weight excluding hydrogens is 418 g/mol. The first kappa shape index (κ1) is 20.9. The number of nitrogens with one attached hydrogen (secondary N) is 1. The number of allylic oxidation sites excluding steroid dienone is 2. The van der Waals surface area contributed by atoms with E-state index in [1.54, 1.807) is 11.5 Å². The molecule has 3 heterocycles. The van der Waals surface area contributed by atoms with Crippen LogP contribution in [0.5, 0.6) is 0 Å². The van der Waals surface area contributed by atoms with E-state index in [1.165, 1.54) is 23.8 Å². The smallest absolute Gasteiger partial charge is 0.352 e. The number of hydrogen-bond donors (Lipinski definition) is 3. The molecule has 4 N–H and O–H groups in total. The van der Waals surface area contributed by atoms with Gasteiger partial charge >= 0.3 is 5.97 Å². The molecule has 3 rings (SSSR count). The number of thioether (sulfide) groups is 1. The van der Waals surface area contributed by atoms with Crippen LogP contribution in [0, 0.1) is 0 Å². The van der Waals surface area contributed by atoms with Gasteiger partial charge in [0.05, 0.1) is 0 Å². The molecule has 1 aromatic heterocycles. The molecule has 2 amide bonds. The molecule has 0 aromatic carbocycles. The highest BCUT2D eigenvalue weighted by molar-refractivity contribution is 8.00. The van der Waals surface area contributed by atoms with Crippen molar-refractivity contribution in [1.29, 1.82) is 0 Å². The van der Waals surface area contributed by atoms with Gasteiger partial charge in [0, 0.05) is 11.1 Å². The fourth-order valence-electron chi connectivity index (χ4n) is 2.93. The first-order chi connectivity index (χ1) is 13.9. The van der Waals surface area contributed by atoms with E-state index in [9.17, 15) is 19.5 Å². The molecule has 1 aromatic rings. The lowest BCUT2D eigenvalue weighted by molar-refractivity contribution is -0.150. The van der Waals surface area contributed by atoms with Crippen molar-refractivity contribution >= 4 is 51.7 Å². The highest BCUT2D eigenvalue weighted by Crippen LogP contribution is 2.40. The number of amides is 2. The molecule has 12 heteroatoms. The number of carboxylic acids is 1. The molecule has 1 fully saturated rings. The number of carbonyl (C=O) groups excluding carboxylic acids is 2. The van der Waals surface area contributed by atoms with Gasteiger partial charge < -0.3 is 21.0 Å². The average Bonchev–Trinajstić information content (AvgIpc) is 3.13. The van der Waals surface area contributed by atoms with Crippen LogP contribution in [-0.4, -0.2) is 62.8 Å². The summed E-state index contributed by atoms with van der Waals surface area (Å²) in [5.74, 6) is -1.91. The number of anilines is 1. The van der Waals surface area contributed by atoms with E-state index in [0.717, 1.165) is 17.8 Å². The molecule has 1 unspecified atom stereocenters. The van der Waals surface area contributed by atoms with Crippen molar-refractivity contribution in [3.05, 3.63) is 34.5 Å². The predicted octanol–water partition coefficient (Wildman–Crippen LogP) is 0.781. The third-order valence-corrected chi connectivity index (χ3v) is 6.18. The van der Waals surface area contributed by atoms with Crippen molar-refractivity contribution in [3.63, 3.8) is 0 Å². The first-order valence-electron chi connectivity index (χ1n) is 8.60. The quantitative estimate of drug-likeness (QED) is 0.322. The summed E-state index contributed by atoms with van der Waals surface area (Å²) in [5.41, 5.74) is 6.23. The Morgan fingerprint density at radius 1 is 1.55 bits per heavy atom. The number of hydrogen-bond acceptors (Lipinski definition) is 9. The number of β-lactam (4-membered cyclic amide) rings is 1. The summed E-state index contributed by atoms with van der Waals surface area (Å²) >= 11 is 2.52. The number of nitrogens with two attached hydrogens (primary N) is 1. The summed E-state index contributed by atoms with van der Waals surface area (Å²) in [6, 6.07) is -0.878. The zero-order valence-electron chi connectivity index (χ0n) is 15.6. The van der Waals surface area contributed by atoms with Gasteiger partial charge in [0.15, 0.2) is 10.8 Å².